The van der Waals surface area contributed by atoms with Gasteiger partial charge in [-0.3, -0.25) is 4.79 Å². The van der Waals surface area contributed by atoms with E-state index < -0.39 is 0 Å². The molecule has 1 saturated heterocycles. The van der Waals surface area contributed by atoms with E-state index in [2.05, 4.69) is 33.4 Å². The molecule has 1 aromatic heterocycles. The lowest BCUT2D eigenvalue weighted by Gasteiger charge is -2.34. The number of hydrogen-bond acceptors (Lipinski definition) is 4. The summed E-state index contributed by atoms with van der Waals surface area (Å²) >= 11 is 0. The Morgan fingerprint density at radius 2 is 1.78 bits per heavy atom. The van der Waals surface area contributed by atoms with Crippen molar-refractivity contribution in [3.05, 3.63) is 30.0 Å². The van der Waals surface area contributed by atoms with Crippen molar-refractivity contribution in [2.24, 2.45) is 5.92 Å². The minimum Gasteiger partial charge on any atom is -0.352 e. The monoisotopic (exact) mass is 366 g/mol. The zero-order valence-electron chi connectivity index (χ0n) is 16.3. The molecule has 2 fully saturated rings. The van der Waals surface area contributed by atoms with Crippen LogP contribution in [0.25, 0.3) is 10.8 Å². The summed E-state index contributed by atoms with van der Waals surface area (Å²) < 4.78 is 0. The Bertz CT molecular complexity index is 800. The summed E-state index contributed by atoms with van der Waals surface area (Å²) in [5.41, 5.74) is 0.454. The third-order valence-electron chi connectivity index (χ3n) is 6.23. The highest BCUT2D eigenvalue weighted by molar-refractivity contribution is 6.07. The van der Waals surface area contributed by atoms with Crippen molar-refractivity contribution in [1.29, 1.82) is 0 Å². The molecule has 144 valence electrons. The second kappa shape index (κ2) is 8.24. The predicted molar refractivity (Wildman–Crippen MR) is 109 cm³/mol. The van der Waals surface area contributed by atoms with Crippen molar-refractivity contribution >= 4 is 22.5 Å². The minimum absolute atomic E-state index is 0.0949. The molecule has 2 aromatic rings. The van der Waals surface area contributed by atoms with Crippen molar-refractivity contribution < 1.29 is 4.79 Å². The van der Waals surface area contributed by atoms with Gasteiger partial charge < -0.3 is 10.2 Å². The van der Waals surface area contributed by atoms with Crippen LogP contribution in [0, 0.1) is 5.92 Å². The van der Waals surface area contributed by atoms with Gasteiger partial charge in [0.25, 0.3) is 5.91 Å². The van der Waals surface area contributed by atoms with Crippen LogP contribution in [0.3, 0.4) is 0 Å². The average molecular weight is 367 g/mol. The summed E-state index contributed by atoms with van der Waals surface area (Å²) in [6, 6.07) is 8.52. The molecule has 0 spiro atoms. The summed E-state index contributed by atoms with van der Waals surface area (Å²) in [4.78, 5) is 15.2. The minimum atomic E-state index is -0.0949. The van der Waals surface area contributed by atoms with Crippen LogP contribution >= 0.6 is 0 Å². The highest BCUT2D eigenvalue weighted by atomic mass is 16.1. The maximum atomic E-state index is 12.8. The Kier molecular flexibility index (Phi) is 5.55. The van der Waals surface area contributed by atoms with E-state index in [0.717, 1.165) is 29.7 Å². The Morgan fingerprint density at radius 3 is 2.56 bits per heavy atom. The molecule has 1 aliphatic carbocycles. The number of carbonyl (C=O) groups excluding carboxylic acids is 1. The first-order valence-electron chi connectivity index (χ1n) is 10.5. The van der Waals surface area contributed by atoms with Crippen LogP contribution in [-0.2, 0) is 0 Å². The standard InChI is InChI=1S/C22H30N4O/c1-16-9-7-8-14-26(16)21-19-13-6-5-12-18(19)20(24-25-21)22(27)23-15-17-10-3-2-4-11-17/h5-6,12-13,16-17H,2-4,7-11,14-15H2,1H3,(H,23,27)/t16-/m0/s1. The van der Waals surface area contributed by atoms with E-state index in [0.29, 0.717) is 17.7 Å². The molecule has 1 amide bonds. The number of piperidine rings is 1. The van der Waals surface area contributed by atoms with Gasteiger partial charge in [0, 0.05) is 29.9 Å². The van der Waals surface area contributed by atoms with E-state index in [1.165, 1.54) is 51.4 Å². The lowest BCUT2D eigenvalue weighted by Crippen LogP contribution is -2.38. The molecule has 0 radical (unpaired) electrons. The Labute approximate surface area is 161 Å². The number of benzene rings is 1. The molecular weight excluding hydrogens is 336 g/mol. The number of amides is 1. The lowest BCUT2D eigenvalue weighted by atomic mass is 9.89. The average Bonchev–Trinajstić information content (AvgIpc) is 2.72. The van der Waals surface area contributed by atoms with Crippen LogP contribution in [0.15, 0.2) is 24.3 Å². The van der Waals surface area contributed by atoms with E-state index in [9.17, 15) is 4.79 Å². The number of nitrogens with one attached hydrogen (secondary N) is 1. The Balaban J connectivity index is 1.58. The van der Waals surface area contributed by atoms with Gasteiger partial charge in [-0.25, -0.2) is 0 Å². The van der Waals surface area contributed by atoms with Crippen LogP contribution in [0.4, 0.5) is 5.82 Å². The number of aromatic nitrogens is 2. The molecule has 0 unspecified atom stereocenters. The van der Waals surface area contributed by atoms with Gasteiger partial charge in [-0.1, -0.05) is 43.5 Å². The fraction of sp³-hybridized carbons (Fsp3) is 0.591. The fourth-order valence-electron chi connectivity index (χ4n) is 4.59. The second-order valence-electron chi connectivity index (χ2n) is 8.17. The van der Waals surface area contributed by atoms with Gasteiger partial charge in [-0.05, 0) is 44.9 Å². The molecule has 5 heteroatoms. The van der Waals surface area contributed by atoms with E-state index in [1.807, 2.05) is 18.2 Å². The smallest absolute Gasteiger partial charge is 0.272 e. The predicted octanol–water partition coefficient (Wildman–Crippen LogP) is 4.32. The maximum absolute atomic E-state index is 12.8. The first kappa shape index (κ1) is 18.2. The molecule has 1 aliphatic heterocycles. The number of anilines is 1. The molecule has 1 atom stereocenters. The third kappa shape index (κ3) is 3.92. The summed E-state index contributed by atoms with van der Waals surface area (Å²) in [5.74, 6) is 1.43. The van der Waals surface area contributed by atoms with Gasteiger partial charge in [-0.2, -0.15) is 0 Å². The summed E-state index contributed by atoms with van der Waals surface area (Å²) in [7, 11) is 0. The number of carbonyl (C=O) groups is 1. The Hall–Kier alpha value is -2.17. The first-order chi connectivity index (χ1) is 13.2. The molecule has 1 N–H and O–H groups in total. The molecule has 2 aliphatic rings. The zero-order valence-corrected chi connectivity index (χ0v) is 16.3. The van der Waals surface area contributed by atoms with Gasteiger partial charge >= 0.3 is 0 Å². The summed E-state index contributed by atoms with van der Waals surface area (Å²) in [5, 5.41) is 13.9. The van der Waals surface area contributed by atoms with Crippen molar-refractivity contribution in [3.8, 4) is 0 Å². The van der Waals surface area contributed by atoms with E-state index in [1.54, 1.807) is 0 Å². The van der Waals surface area contributed by atoms with Crippen molar-refractivity contribution in [2.45, 2.75) is 64.3 Å². The fourth-order valence-corrected chi connectivity index (χ4v) is 4.59. The second-order valence-corrected chi connectivity index (χ2v) is 8.17. The molecule has 27 heavy (non-hydrogen) atoms. The van der Waals surface area contributed by atoms with E-state index in [-0.39, 0.29) is 5.91 Å². The zero-order chi connectivity index (χ0) is 18.6. The van der Waals surface area contributed by atoms with Crippen LogP contribution in [0.1, 0.15) is 68.8 Å². The van der Waals surface area contributed by atoms with Gasteiger partial charge in [0.15, 0.2) is 11.5 Å². The number of fused-ring (bicyclic) bond motifs is 1. The molecule has 0 bridgehead atoms. The Morgan fingerprint density at radius 1 is 1.04 bits per heavy atom. The van der Waals surface area contributed by atoms with Crippen LogP contribution in [0.5, 0.6) is 0 Å². The van der Waals surface area contributed by atoms with Gasteiger partial charge in [0.1, 0.15) is 0 Å². The summed E-state index contributed by atoms with van der Waals surface area (Å²) in [6.45, 7) is 4.01. The van der Waals surface area contributed by atoms with Crippen LogP contribution < -0.4 is 10.2 Å². The SMILES string of the molecule is C[C@H]1CCCCN1c1nnc(C(=O)NCC2CCCCC2)c2ccccc12. The summed E-state index contributed by atoms with van der Waals surface area (Å²) in [6.07, 6.45) is 9.97. The maximum Gasteiger partial charge on any atom is 0.272 e. The highest BCUT2D eigenvalue weighted by Crippen LogP contribution is 2.30. The molecule has 2 heterocycles. The third-order valence-corrected chi connectivity index (χ3v) is 6.23. The van der Waals surface area contributed by atoms with Crippen molar-refractivity contribution in [3.63, 3.8) is 0 Å². The van der Waals surface area contributed by atoms with Crippen molar-refractivity contribution in [2.75, 3.05) is 18.0 Å². The van der Waals surface area contributed by atoms with Gasteiger partial charge in [0.05, 0.1) is 0 Å². The lowest BCUT2D eigenvalue weighted by molar-refractivity contribution is 0.0939. The van der Waals surface area contributed by atoms with Crippen molar-refractivity contribution in [1.82, 2.24) is 15.5 Å². The molecule has 1 saturated carbocycles. The number of nitrogens with zero attached hydrogens (tertiary/aromatic N) is 3. The van der Waals surface area contributed by atoms with E-state index in [4.69, 9.17) is 0 Å². The van der Waals surface area contributed by atoms with E-state index >= 15 is 0 Å². The van der Waals surface area contributed by atoms with Gasteiger partial charge in [0.2, 0.25) is 0 Å². The number of rotatable bonds is 4. The molecule has 1 aromatic carbocycles. The number of hydrogen-bond donors (Lipinski definition) is 1. The topological polar surface area (TPSA) is 58.1 Å². The molecule has 5 nitrogen and oxygen atoms in total. The first-order valence-corrected chi connectivity index (χ1v) is 10.5. The van der Waals surface area contributed by atoms with Crippen LogP contribution in [0.2, 0.25) is 0 Å². The van der Waals surface area contributed by atoms with Crippen LogP contribution in [-0.4, -0.2) is 35.2 Å². The molecular formula is C22H30N4O. The quantitative estimate of drug-likeness (QED) is 0.875. The van der Waals surface area contributed by atoms with Gasteiger partial charge in [-0.15, -0.1) is 10.2 Å². The normalized spacial score (nSPS) is 21.4. The largest absolute Gasteiger partial charge is 0.352 e. The molecule has 4 rings (SSSR count). The highest BCUT2D eigenvalue weighted by Gasteiger charge is 2.24.